The smallest absolute Gasteiger partial charge is 0.147 e. The van der Waals surface area contributed by atoms with E-state index in [1.54, 1.807) is 0 Å². The zero-order valence-electron chi connectivity index (χ0n) is 10.4. The molecule has 1 aliphatic carbocycles. The van der Waals surface area contributed by atoms with Crippen molar-refractivity contribution in [1.82, 2.24) is 10.3 Å². The highest BCUT2D eigenvalue weighted by Gasteiger charge is 2.40. The molecule has 1 aliphatic heterocycles. The zero-order valence-corrected chi connectivity index (χ0v) is 10.4. The Morgan fingerprint density at radius 1 is 1.28 bits per heavy atom. The van der Waals surface area contributed by atoms with Gasteiger partial charge in [-0.25, -0.2) is 8.78 Å². The van der Waals surface area contributed by atoms with E-state index >= 15 is 0 Å². The van der Waals surface area contributed by atoms with Gasteiger partial charge in [-0.05, 0) is 43.4 Å². The summed E-state index contributed by atoms with van der Waals surface area (Å²) in [7, 11) is 0. The van der Waals surface area contributed by atoms with Crippen molar-refractivity contribution < 1.29 is 8.78 Å². The quantitative estimate of drug-likeness (QED) is 0.875. The Hall–Kier alpha value is -1.03. The van der Waals surface area contributed by atoms with Crippen molar-refractivity contribution in [3.63, 3.8) is 0 Å². The standard InChI is InChI=1S/C14H18F2N2/c15-11-6-12(16)13(18-7-11)5-10-1-3-14(4-2-10)8-17-9-14/h6-7,10,17H,1-5,8-9H2. The van der Waals surface area contributed by atoms with Crippen molar-refractivity contribution in [2.75, 3.05) is 13.1 Å². The number of halogens is 2. The molecule has 0 amide bonds. The highest BCUT2D eigenvalue weighted by molar-refractivity contribution is 5.10. The molecule has 0 aromatic carbocycles. The SMILES string of the molecule is Fc1cnc(CC2CCC3(CC2)CNC3)c(F)c1. The first-order valence-corrected chi connectivity index (χ1v) is 6.68. The summed E-state index contributed by atoms with van der Waals surface area (Å²) in [5.41, 5.74) is 0.953. The normalized spacial score (nSPS) is 23.0. The molecule has 4 heteroatoms. The second kappa shape index (κ2) is 4.57. The van der Waals surface area contributed by atoms with Crippen LogP contribution in [0.4, 0.5) is 8.78 Å². The molecular weight excluding hydrogens is 234 g/mol. The van der Waals surface area contributed by atoms with Crippen LogP contribution in [0.2, 0.25) is 0 Å². The maximum absolute atomic E-state index is 13.5. The average molecular weight is 252 g/mol. The van der Waals surface area contributed by atoms with E-state index in [9.17, 15) is 8.78 Å². The van der Waals surface area contributed by atoms with E-state index < -0.39 is 11.6 Å². The number of aromatic nitrogens is 1. The first-order valence-electron chi connectivity index (χ1n) is 6.68. The van der Waals surface area contributed by atoms with Gasteiger partial charge >= 0.3 is 0 Å². The largest absolute Gasteiger partial charge is 0.316 e. The van der Waals surface area contributed by atoms with Crippen LogP contribution in [-0.2, 0) is 6.42 Å². The van der Waals surface area contributed by atoms with Gasteiger partial charge in [0.15, 0.2) is 0 Å². The lowest BCUT2D eigenvalue weighted by molar-refractivity contribution is 0.0813. The lowest BCUT2D eigenvalue weighted by Crippen LogP contribution is -2.54. The van der Waals surface area contributed by atoms with E-state index in [0.717, 1.165) is 38.2 Å². The first-order chi connectivity index (χ1) is 8.67. The van der Waals surface area contributed by atoms with E-state index in [2.05, 4.69) is 10.3 Å². The Kier molecular flexibility index (Phi) is 3.06. The summed E-state index contributed by atoms with van der Waals surface area (Å²) in [6.07, 6.45) is 6.50. The number of rotatable bonds is 2. The lowest BCUT2D eigenvalue weighted by Gasteiger charge is -2.47. The fourth-order valence-corrected chi connectivity index (χ4v) is 3.19. The van der Waals surface area contributed by atoms with E-state index in [1.165, 1.54) is 12.8 Å². The molecule has 98 valence electrons. The van der Waals surface area contributed by atoms with Crippen molar-refractivity contribution in [3.05, 3.63) is 29.6 Å². The molecule has 1 N–H and O–H groups in total. The van der Waals surface area contributed by atoms with Crippen LogP contribution in [0.25, 0.3) is 0 Å². The number of nitrogens with one attached hydrogen (secondary N) is 1. The third-order valence-electron chi connectivity index (χ3n) is 4.53. The van der Waals surface area contributed by atoms with E-state index in [0.29, 0.717) is 23.4 Å². The molecule has 0 unspecified atom stereocenters. The van der Waals surface area contributed by atoms with Crippen LogP contribution in [0.1, 0.15) is 31.4 Å². The molecular formula is C14H18F2N2. The predicted octanol–water partition coefficient (Wildman–Crippen LogP) is 2.68. The Balaban J connectivity index is 1.60. The van der Waals surface area contributed by atoms with E-state index in [1.807, 2.05) is 0 Å². The monoisotopic (exact) mass is 252 g/mol. The third-order valence-corrected chi connectivity index (χ3v) is 4.53. The first kappa shape index (κ1) is 12.0. The zero-order chi connectivity index (χ0) is 12.6. The molecule has 0 bridgehead atoms. The van der Waals surface area contributed by atoms with Crippen LogP contribution in [0.15, 0.2) is 12.3 Å². The number of nitrogens with zero attached hydrogens (tertiary/aromatic N) is 1. The predicted molar refractivity (Wildman–Crippen MR) is 65.1 cm³/mol. The van der Waals surface area contributed by atoms with Gasteiger partial charge in [-0.1, -0.05) is 0 Å². The highest BCUT2D eigenvalue weighted by Crippen LogP contribution is 2.42. The minimum Gasteiger partial charge on any atom is -0.316 e. The van der Waals surface area contributed by atoms with Crippen molar-refractivity contribution in [1.29, 1.82) is 0 Å². The summed E-state index contributed by atoms with van der Waals surface area (Å²) < 4.78 is 26.3. The summed E-state index contributed by atoms with van der Waals surface area (Å²) in [5.74, 6) is -0.594. The third kappa shape index (κ3) is 2.26. The van der Waals surface area contributed by atoms with Crippen LogP contribution in [0.5, 0.6) is 0 Å². The highest BCUT2D eigenvalue weighted by atomic mass is 19.1. The maximum atomic E-state index is 13.5. The topological polar surface area (TPSA) is 24.9 Å². The number of hydrogen-bond acceptors (Lipinski definition) is 2. The summed E-state index contributed by atoms with van der Waals surface area (Å²) in [6.45, 7) is 2.28. The van der Waals surface area contributed by atoms with Gasteiger partial charge in [-0.15, -0.1) is 0 Å². The molecule has 3 rings (SSSR count). The fraction of sp³-hybridized carbons (Fsp3) is 0.643. The number of hydrogen-bond donors (Lipinski definition) is 1. The van der Waals surface area contributed by atoms with Crippen LogP contribution >= 0.6 is 0 Å². The molecule has 0 atom stereocenters. The molecule has 0 radical (unpaired) electrons. The van der Waals surface area contributed by atoms with Crippen molar-refractivity contribution in [3.8, 4) is 0 Å². The molecule has 2 heterocycles. The van der Waals surface area contributed by atoms with Gasteiger partial charge in [0.1, 0.15) is 11.6 Å². The van der Waals surface area contributed by atoms with Gasteiger partial charge in [0.25, 0.3) is 0 Å². The molecule has 1 aromatic heterocycles. The summed E-state index contributed by atoms with van der Waals surface area (Å²) in [4.78, 5) is 3.88. The van der Waals surface area contributed by atoms with Gasteiger partial charge in [0.2, 0.25) is 0 Å². The molecule has 2 aliphatic rings. The van der Waals surface area contributed by atoms with E-state index in [-0.39, 0.29) is 0 Å². The van der Waals surface area contributed by atoms with Crippen molar-refractivity contribution >= 4 is 0 Å². The minimum atomic E-state index is -0.598. The van der Waals surface area contributed by atoms with Gasteiger partial charge in [0, 0.05) is 19.2 Å². The Labute approximate surface area is 106 Å². The van der Waals surface area contributed by atoms with Gasteiger partial charge in [0.05, 0.1) is 11.9 Å². The molecule has 1 spiro atoms. The van der Waals surface area contributed by atoms with Gasteiger partial charge in [-0.3, -0.25) is 4.98 Å². The van der Waals surface area contributed by atoms with Gasteiger partial charge < -0.3 is 5.32 Å². The van der Waals surface area contributed by atoms with Crippen molar-refractivity contribution in [2.45, 2.75) is 32.1 Å². The van der Waals surface area contributed by atoms with Crippen LogP contribution in [0, 0.1) is 23.0 Å². The summed E-state index contributed by atoms with van der Waals surface area (Å²) in [6, 6.07) is 0.933. The fourth-order valence-electron chi connectivity index (χ4n) is 3.19. The van der Waals surface area contributed by atoms with Crippen LogP contribution in [0.3, 0.4) is 0 Å². The van der Waals surface area contributed by atoms with Crippen molar-refractivity contribution in [2.24, 2.45) is 11.3 Å². The minimum absolute atomic E-state index is 0.420. The molecule has 1 saturated carbocycles. The Morgan fingerprint density at radius 2 is 2.00 bits per heavy atom. The van der Waals surface area contributed by atoms with Gasteiger partial charge in [-0.2, -0.15) is 0 Å². The number of pyridine rings is 1. The van der Waals surface area contributed by atoms with Crippen LogP contribution < -0.4 is 5.32 Å². The molecule has 18 heavy (non-hydrogen) atoms. The molecule has 2 fully saturated rings. The molecule has 2 nitrogen and oxygen atoms in total. The lowest BCUT2D eigenvalue weighted by atomic mass is 9.66. The maximum Gasteiger partial charge on any atom is 0.147 e. The molecule has 1 saturated heterocycles. The Bertz CT molecular complexity index is 433. The summed E-state index contributed by atoms with van der Waals surface area (Å²) >= 11 is 0. The van der Waals surface area contributed by atoms with Crippen LogP contribution in [-0.4, -0.2) is 18.1 Å². The van der Waals surface area contributed by atoms with E-state index in [4.69, 9.17) is 0 Å². The second-order valence-corrected chi connectivity index (χ2v) is 5.83. The summed E-state index contributed by atoms with van der Waals surface area (Å²) in [5, 5.41) is 3.34. The molecule has 1 aromatic rings. The Morgan fingerprint density at radius 3 is 2.56 bits per heavy atom. The average Bonchev–Trinajstić information content (AvgIpc) is 2.32. The second-order valence-electron chi connectivity index (χ2n) is 5.83.